The summed E-state index contributed by atoms with van der Waals surface area (Å²) in [5, 5.41) is 8.30. The van der Waals surface area contributed by atoms with Crippen molar-refractivity contribution in [2.24, 2.45) is 11.8 Å². The molecule has 1 amide bonds. The highest BCUT2D eigenvalue weighted by molar-refractivity contribution is 5.91. The molecule has 1 unspecified atom stereocenters. The SMILES string of the molecule is O=C(c1nnc2n1CCCC2)N1C[C@H]2CC(c3ccccc3C(F)(F)F)C[C@H]2C1. The molecule has 1 saturated carbocycles. The molecule has 0 bridgehead atoms. The zero-order valence-electron chi connectivity index (χ0n) is 16.0. The van der Waals surface area contributed by atoms with Crippen molar-refractivity contribution in [3.8, 4) is 0 Å². The molecule has 1 aliphatic carbocycles. The summed E-state index contributed by atoms with van der Waals surface area (Å²) in [6.07, 6.45) is 0.00564. The molecule has 2 fully saturated rings. The van der Waals surface area contributed by atoms with Crippen molar-refractivity contribution < 1.29 is 18.0 Å². The zero-order valence-corrected chi connectivity index (χ0v) is 16.0. The maximum atomic E-state index is 13.4. The van der Waals surface area contributed by atoms with Gasteiger partial charge in [-0.2, -0.15) is 13.2 Å². The van der Waals surface area contributed by atoms with Crippen molar-refractivity contribution in [3.05, 3.63) is 47.0 Å². The van der Waals surface area contributed by atoms with Gasteiger partial charge in [0.2, 0.25) is 5.82 Å². The Hall–Kier alpha value is -2.38. The first-order valence-electron chi connectivity index (χ1n) is 10.3. The number of aromatic nitrogens is 3. The molecular formula is C21H23F3N4O. The number of nitrogens with zero attached hydrogens (tertiary/aromatic N) is 4. The topological polar surface area (TPSA) is 51.0 Å². The van der Waals surface area contributed by atoms with E-state index in [1.165, 1.54) is 12.1 Å². The van der Waals surface area contributed by atoms with Crippen molar-refractivity contribution >= 4 is 5.91 Å². The summed E-state index contributed by atoms with van der Waals surface area (Å²) in [6.45, 7) is 1.97. The number of amides is 1. The van der Waals surface area contributed by atoms with Crippen LogP contribution in [0.4, 0.5) is 13.2 Å². The lowest BCUT2D eigenvalue weighted by Gasteiger charge is -2.22. The first-order chi connectivity index (χ1) is 13.9. The highest BCUT2D eigenvalue weighted by Crippen LogP contribution is 2.49. The Kier molecular flexibility index (Phi) is 4.40. The monoisotopic (exact) mass is 404 g/mol. The highest BCUT2D eigenvalue weighted by atomic mass is 19.4. The van der Waals surface area contributed by atoms with E-state index in [9.17, 15) is 18.0 Å². The lowest BCUT2D eigenvalue weighted by molar-refractivity contribution is -0.138. The highest BCUT2D eigenvalue weighted by Gasteiger charge is 2.45. The van der Waals surface area contributed by atoms with Crippen LogP contribution in [-0.2, 0) is 19.1 Å². The Bertz CT molecular complexity index is 924. The van der Waals surface area contributed by atoms with E-state index in [-0.39, 0.29) is 23.7 Å². The van der Waals surface area contributed by atoms with E-state index in [1.807, 2.05) is 9.47 Å². The van der Waals surface area contributed by atoms with E-state index < -0.39 is 11.7 Å². The lowest BCUT2D eigenvalue weighted by atomic mass is 9.91. The first kappa shape index (κ1) is 18.6. The van der Waals surface area contributed by atoms with Crippen LogP contribution in [0.3, 0.4) is 0 Å². The third kappa shape index (κ3) is 3.22. The molecule has 5 nitrogen and oxygen atoms in total. The second-order valence-electron chi connectivity index (χ2n) is 8.53. The number of benzene rings is 1. The van der Waals surface area contributed by atoms with Gasteiger partial charge in [0.1, 0.15) is 5.82 Å². The summed E-state index contributed by atoms with van der Waals surface area (Å²) in [5.74, 6) is 1.60. The molecule has 29 heavy (non-hydrogen) atoms. The molecule has 1 aromatic heterocycles. The maximum Gasteiger partial charge on any atom is 0.416 e. The summed E-state index contributed by atoms with van der Waals surface area (Å²) in [6, 6.07) is 5.92. The predicted molar refractivity (Wildman–Crippen MR) is 99.3 cm³/mol. The number of aryl methyl sites for hydroxylation is 1. The molecule has 5 rings (SSSR count). The Morgan fingerprint density at radius 1 is 1.03 bits per heavy atom. The van der Waals surface area contributed by atoms with Gasteiger partial charge in [0.25, 0.3) is 5.91 Å². The first-order valence-corrected chi connectivity index (χ1v) is 10.3. The maximum absolute atomic E-state index is 13.4. The Morgan fingerprint density at radius 2 is 1.76 bits per heavy atom. The fourth-order valence-corrected chi connectivity index (χ4v) is 5.44. The number of halogens is 3. The molecule has 3 aliphatic rings. The molecule has 0 spiro atoms. The average molecular weight is 404 g/mol. The molecule has 154 valence electrons. The zero-order chi connectivity index (χ0) is 20.2. The normalized spacial score (nSPS) is 26.4. The van der Waals surface area contributed by atoms with Crippen molar-refractivity contribution in [1.29, 1.82) is 0 Å². The van der Waals surface area contributed by atoms with Crippen LogP contribution in [0.15, 0.2) is 24.3 Å². The van der Waals surface area contributed by atoms with E-state index in [2.05, 4.69) is 10.2 Å². The molecule has 3 atom stereocenters. The minimum absolute atomic E-state index is 0.0905. The summed E-state index contributed by atoms with van der Waals surface area (Å²) < 4.78 is 42.1. The van der Waals surface area contributed by atoms with Crippen molar-refractivity contribution in [2.45, 2.75) is 50.7 Å². The fraction of sp³-hybridized carbons (Fsp3) is 0.571. The van der Waals surface area contributed by atoms with E-state index >= 15 is 0 Å². The summed E-state index contributed by atoms with van der Waals surface area (Å²) in [4.78, 5) is 14.8. The van der Waals surface area contributed by atoms with Crippen LogP contribution < -0.4 is 0 Å². The lowest BCUT2D eigenvalue weighted by Crippen LogP contribution is -2.32. The number of fused-ring (bicyclic) bond motifs is 2. The van der Waals surface area contributed by atoms with Crippen LogP contribution in [-0.4, -0.2) is 38.7 Å². The van der Waals surface area contributed by atoms with Crippen molar-refractivity contribution in [1.82, 2.24) is 19.7 Å². The van der Waals surface area contributed by atoms with E-state index in [4.69, 9.17) is 0 Å². The van der Waals surface area contributed by atoms with E-state index in [0.29, 0.717) is 37.3 Å². The number of likely N-dealkylation sites (tertiary alicyclic amines) is 1. The van der Waals surface area contributed by atoms with Crippen molar-refractivity contribution in [3.63, 3.8) is 0 Å². The third-order valence-electron chi connectivity index (χ3n) is 6.80. The van der Waals surface area contributed by atoms with Crippen LogP contribution in [0.1, 0.15) is 59.2 Å². The van der Waals surface area contributed by atoms with Gasteiger partial charge < -0.3 is 9.47 Å². The Morgan fingerprint density at radius 3 is 2.48 bits per heavy atom. The Labute approximate surface area is 166 Å². The van der Waals surface area contributed by atoms with Gasteiger partial charge in [-0.25, -0.2) is 0 Å². The van der Waals surface area contributed by atoms with Gasteiger partial charge in [-0.15, -0.1) is 10.2 Å². The molecule has 0 N–H and O–H groups in total. The summed E-state index contributed by atoms with van der Waals surface area (Å²) in [7, 11) is 0. The standard InChI is InChI=1S/C21H23F3N4O/c22-21(23,24)17-6-2-1-5-16(17)13-9-14-11-27(12-15(14)10-13)20(29)19-26-25-18-7-3-4-8-28(18)19/h1-2,5-6,13-15H,3-4,7-12H2/t13?,14-,15+. The second kappa shape index (κ2) is 6.85. The van der Waals surface area contributed by atoms with Crippen LogP contribution in [0.2, 0.25) is 0 Å². The van der Waals surface area contributed by atoms with Gasteiger partial charge in [-0.3, -0.25) is 4.79 Å². The van der Waals surface area contributed by atoms with Crippen molar-refractivity contribution in [2.75, 3.05) is 13.1 Å². The molecule has 1 saturated heterocycles. The van der Waals surface area contributed by atoms with Gasteiger partial charge >= 0.3 is 6.18 Å². The molecule has 1 aromatic carbocycles. The van der Waals surface area contributed by atoms with Gasteiger partial charge in [-0.1, -0.05) is 18.2 Å². The number of alkyl halides is 3. The number of carbonyl (C=O) groups is 1. The molecule has 2 aliphatic heterocycles. The predicted octanol–water partition coefficient (Wildman–Crippen LogP) is 3.90. The average Bonchev–Trinajstić information content (AvgIpc) is 3.39. The van der Waals surface area contributed by atoms with Crippen LogP contribution in [0.25, 0.3) is 0 Å². The summed E-state index contributed by atoms with van der Waals surface area (Å²) >= 11 is 0. The molecular weight excluding hydrogens is 381 g/mol. The quantitative estimate of drug-likeness (QED) is 0.763. The summed E-state index contributed by atoms with van der Waals surface area (Å²) in [5.41, 5.74) is -0.119. The smallest absolute Gasteiger partial charge is 0.335 e. The van der Waals surface area contributed by atoms with Crippen LogP contribution in [0, 0.1) is 11.8 Å². The van der Waals surface area contributed by atoms with Gasteiger partial charge in [-0.05, 0) is 55.1 Å². The molecule has 8 heteroatoms. The molecule has 2 aromatic rings. The fourth-order valence-electron chi connectivity index (χ4n) is 5.44. The van der Waals surface area contributed by atoms with E-state index in [1.54, 1.807) is 12.1 Å². The van der Waals surface area contributed by atoms with Crippen LogP contribution in [0.5, 0.6) is 0 Å². The molecule has 0 radical (unpaired) electrons. The van der Waals surface area contributed by atoms with E-state index in [0.717, 1.165) is 31.6 Å². The minimum atomic E-state index is -4.33. The number of hydrogen-bond acceptors (Lipinski definition) is 3. The Balaban J connectivity index is 1.30. The number of hydrogen-bond donors (Lipinski definition) is 0. The molecule has 3 heterocycles. The largest absolute Gasteiger partial charge is 0.416 e. The van der Waals surface area contributed by atoms with Gasteiger partial charge in [0, 0.05) is 26.1 Å². The third-order valence-corrected chi connectivity index (χ3v) is 6.80. The number of carbonyl (C=O) groups excluding carboxylic acids is 1. The van der Waals surface area contributed by atoms with Crippen LogP contribution >= 0.6 is 0 Å². The second-order valence-corrected chi connectivity index (χ2v) is 8.53. The van der Waals surface area contributed by atoms with Gasteiger partial charge in [0.15, 0.2) is 0 Å². The van der Waals surface area contributed by atoms with Gasteiger partial charge in [0.05, 0.1) is 5.56 Å². The number of rotatable bonds is 2. The minimum Gasteiger partial charge on any atom is -0.335 e.